The molecule has 3 aliphatic heterocycles. The first-order chi connectivity index (χ1) is 37.9. The molecule has 0 radical (unpaired) electrons. The van der Waals surface area contributed by atoms with Crippen LogP contribution in [0.4, 0.5) is 0 Å². The normalized spacial score (nSPS) is 23.5. The summed E-state index contributed by atoms with van der Waals surface area (Å²) >= 11 is 0. The molecule has 3 aromatic rings. The zero-order valence-corrected chi connectivity index (χ0v) is 44.6. The van der Waals surface area contributed by atoms with Gasteiger partial charge in [-0.3, -0.25) is 57.9 Å². The van der Waals surface area contributed by atoms with E-state index < -0.39 is 108 Å². The van der Waals surface area contributed by atoms with E-state index >= 15 is 0 Å². The molecule has 0 spiro atoms. The number of H-pyrrole nitrogens is 1. The van der Waals surface area contributed by atoms with Crippen molar-refractivity contribution in [1.29, 1.82) is 0 Å². The van der Waals surface area contributed by atoms with Gasteiger partial charge >= 0.3 is 0 Å². The minimum atomic E-state index is -1.44. The monoisotopic (exact) mass is 1090 g/mol. The number of hydrogen-bond acceptors (Lipinski definition) is 13. The van der Waals surface area contributed by atoms with Gasteiger partial charge in [0.2, 0.25) is 47.3 Å². The molecule has 2 saturated heterocycles. The zero-order valence-electron chi connectivity index (χ0n) is 44.6. The molecule has 8 atom stereocenters. The van der Waals surface area contributed by atoms with Gasteiger partial charge < -0.3 is 63.7 Å². The molecule has 1 aromatic heterocycles. The van der Waals surface area contributed by atoms with Crippen LogP contribution in [0.15, 0.2) is 82.6 Å². The number of carbonyl (C=O) groups excluding carboxylic acids is 10. The number of ketones is 2. The average Bonchev–Trinajstić information content (AvgIpc) is 4.27. The number of likely N-dealkylation sites (tertiary alicyclic amines) is 1. The van der Waals surface area contributed by atoms with E-state index in [2.05, 4.69) is 52.2 Å². The van der Waals surface area contributed by atoms with Gasteiger partial charge in [0.1, 0.15) is 54.1 Å². The van der Waals surface area contributed by atoms with Crippen molar-refractivity contribution < 1.29 is 53.1 Å². The summed E-state index contributed by atoms with van der Waals surface area (Å²) in [7, 11) is 0. The van der Waals surface area contributed by atoms with Crippen LogP contribution in [0.25, 0.3) is 10.9 Å². The number of Topliss-reactive ketones (excluding diaryl/α,β-unsaturated/α-hetero) is 2. The molecule has 6 rings (SSSR count). The quantitative estimate of drug-likeness (QED) is 0.0498. The number of aliphatic hydroxyl groups is 1. The minimum absolute atomic E-state index is 0.0174. The number of carbonyl (C=O) groups is 10. The molecule has 2 fully saturated rings. The van der Waals surface area contributed by atoms with Gasteiger partial charge in [-0.2, -0.15) is 0 Å². The van der Waals surface area contributed by atoms with Crippen molar-refractivity contribution in [3.63, 3.8) is 0 Å². The Morgan fingerprint density at radius 3 is 2.10 bits per heavy atom. The lowest BCUT2D eigenvalue weighted by molar-refractivity contribution is -0.142. The number of aromatic amines is 1. The maximum Gasteiger partial charge on any atom is 0.245 e. The third kappa shape index (κ3) is 17.9. The Kier molecular flexibility index (Phi) is 22.4. The number of para-hydroxylation sites is 1. The van der Waals surface area contributed by atoms with Crippen LogP contribution in [0.1, 0.15) is 102 Å². The first-order valence-corrected chi connectivity index (χ1v) is 26.8. The highest BCUT2D eigenvalue weighted by Gasteiger charge is 2.40. The summed E-state index contributed by atoms with van der Waals surface area (Å²) in [5.74, 6) is -6.89. The predicted molar refractivity (Wildman–Crippen MR) is 292 cm³/mol. The Morgan fingerprint density at radius 2 is 1.42 bits per heavy atom. The van der Waals surface area contributed by atoms with Crippen LogP contribution >= 0.6 is 0 Å². The fourth-order valence-corrected chi connectivity index (χ4v) is 9.81. The Balaban J connectivity index is 1.40. The lowest BCUT2D eigenvalue weighted by Gasteiger charge is -2.31. The van der Waals surface area contributed by atoms with Gasteiger partial charge in [0.15, 0.2) is 11.7 Å². The fourth-order valence-electron chi connectivity index (χ4n) is 9.81. The van der Waals surface area contributed by atoms with Crippen LogP contribution < -0.4 is 48.7 Å². The molecular formula is C55H73N13O11. The van der Waals surface area contributed by atoms with Crippen LogP contribution in [0.3, 0.4) is 0 Å². The second-order valence-electron chi connectivity index (χ2n) is 20.1. The second kappa shape index (κ2) is 29.5. The summed E-state index contributed by atoms with van der Waals surface area (Å²) in [5.41, 5.74) is 13.7. The van der Waals surface area contributed by atoms with Crippen LogP contribution in [-0.4, -0.2) is 154 Å². The van der Waals surface area contributed by atoms with Gasteiger partial charge in [0.25, 0.3) is 0 Å². The molecule has 3 aliphatic rings. The molecule has 8 amide bonds. The number of allylic oxidation sites excluding steroid dienone is 1. The van der Waals surface area contributed by atoms with Crippen molar-refractivity contribution in [3.8, 4) is 0 Å². The Hall–Kier alpha value is -8.28. The predicted octanol–water partition coefficient (Wildman–Crippen LogP) is -0.336. The van der Waals surface area contributed by atoms with Crippen LogP contribution in [0.2, 0.25) is 0 Å². The van der Waals surface area contributed by atoms with Crippen molar-refractivity contribution in [2.75, 3.05) is 19.7 Å². The van der Waals surface area contributed by atoms with Gasteiger partial charge in [0, 0.05) is 87.5 Å². The lowest BCUT2D eigenvalue weighted by Crippen LogP contribution is -2.60. The molecule has 0 unspecified atom stereocenters. The SMILES string of the molecule is CC(=O)N[C@H]1CCCCC(=O)CC[C@@H](C(=O)N2CCC[C@H]2C(=O)N[C@@H](CO)C(C)=O)NC(=O)[C@H](Cc2c[nH]c3ccccc23)NC(=O)[C@H](CCCN=C(N)N)NC(=O)[C@@H](Cc2ccccc2)NC(=O)[C@H](CC2=CCC=N2)NC1=O. The third-order valence-corrected chi connectivity index (χ3v) is 14.0. The van der Waals surface area contributed by atoms with Crippen molar-refractivity contribution in [2.24, 2.45) is 21.5 Å². The number of aromatic nitrogens is 1. The molecule has 0 aliphatic carbocycles. The summed E-state index contributed by atoms with van der Waals surface area (Å²) in [6.07, 6.45) is 6.03. The smallest absolute Gasteiger partial charge is 0.245 e. The summed E-state index contributed by atoms with van der Waals surface area (Å²) < 4.78 is 0. The molecule has 24 heteroatoms. The number of fused-ring (bicyclic) bond motifs is 1. The van der Waals surface area contributed by atoms with Gasteiger partial charge in [-0.25, -0.2) is 0 Å². The number of guanidine groups is 1. The standard InChI is InChI=1S/C55H73N13O11/c1-32(70)46(31-69)67-53(78)47-21-12-26-68(47)54(79)42-23-22-37(72)16-6-8-19-40(61-33(2)71)48(73)66-45(29-36-15-10-24-58-36)52(77)64-43(27-34-13-4-3-5-14-34)50(75)62-41(20-11-25-59-55(56)57)49(74)65-44(51(76)63-42)28-35-30-60-39-18-9-7-17-38(35)39/h3-5,7,9,13-15,17-18,24,30,40-47,60,69H,6,8,10-12,16,19-23,25-29,31H2,1-2H3,(H,61,71)(H,62,75)(H,63,76)(H,64,77)(H,65,74)(H,66,73)(H,67,78)(H4,56,57,59)/t40-,41-,42-,43+,44-,45-,46-,47-/m0/s1. The van der Waals surface area contributed by atoms with E-state index in [1.807, 2.05) is 18.2 Å². The molecule has 2 aromatic carbocycles. The number of hydrogen-bond donors (Lipinski definition) is 11. The Morgan fingerprint density at radius 1 is 0.759 bits per heavy atom. The van der Waals surface area contributed by atoms with Crippen molar-refractivity contribution in [2.45, 2.75) is 152 Å². The van der Waals surface area contributed by atoms with E-state index in [0.717, 1.165) is 10.9 Å². The van der Waals surface area contributed by atoms with Crippen LogP contribution in [-0.2, 0) is 60.8 Å². The van der Waals surface area contributed by atoms with E-state index in [-0.39, 0.29) is 102 Å². The largest absolute Gasteiger partial charge is 0.394 e. The topological polar surface area (TPSA) is 371 Å². The highest BCUT2D eigenvalue weighted by atomic mass is 16.3. The molecule has 4 heterocycles. The number of amides is 8. The fraction of sp³-hybridized carbons (Fsp3) is 0.491. The number of benzene rings is 2. The van der Waals surface area contributed by atoms with Gasteiger partial charge in [-0.15, -0.1) is 0 Å². The molecule has 79 heavy (non-hydrogen) atoms. The van der Waals surface area contributed by atoms with Crippen LogP contribution in [0, 0.1) is 0 Å². The number of nitrogens with two attached hydrogens (primary N) is 2. The summed E-state index contributed by atoms with van der Waals surface area (Å²) in [4.78, 5) is 153. The highest BCUT2D eigenvalue weighted by Crippen LogP contribution is 2.23. The number of rotatable bonds is 16. The first-order valence-electron chi connectivity index (χ1n) is 26.8. The zero-order chi connectivity index (χ0) is 57.0. The van der Waals surface area contributed by atoms with Crippen molar-refractivity contribution >= 4 is 81.9 Å². The number of aliphatic imine (C=N–C) groups is 2. The first kappa shape index (κ1) is 60.0. The Bertz CT molecular complexity index is 2790. The van der Waals surface area contributed by atoms with E-state index in [0.29, 0.717) is 29.7 Å². The summed E-state index contributed by atoms with van der Waals surface area (Å²) in [6, 6.07) is 5.65. The molecule has 0 bridgehead atoms. The van der Waals surface area contributed by atoms with Crippen molar-refractivity contribution in [3.05, 3.63) is 83.7 Å². The van der Waals surface area contributed by atoms with E-state index in [1.54, 1.807) is 54.9 Å². The maximum atomic E-state index is 15.0. The number of nitrogens with one attached hydrogen (secondary N) is 8. The van der Waals surface area contributed by atoms with Gasteiger partial charge in [0.05, 0.1) is 6.61 Å². The Labute approximate surface area is 457 Å². The summed E-state index contributed by atoms with van der Waals surface area (Å²) in [5, 5.41) is 29.6. The minimum Gasteiger partial charge on any atom is -0.394 e. The van der Waals surface area contributed by atoms with Gasteiger partial charge in [-0.05, 0) is 69.1 Å². The van der Waals surface area contributed by atoms with Crippen LogP contribution in [0.5, 0.6) is 0 Å². The lowest BCUT2D eigenvalue weighted by atomic mass is 10.00. The third-order valence-electron chi connectivity index (χ3n) is 14.0. The average molecular weight is 1090 g/mol. The molecule has 13 N–H and O–H groups in total. The number of aliphatic hydroxyl groups excluding tert-OH is 1. The van der Waals surface area contributed by atoms with Crippen molar-refractivity contribution in [1.82, 2.24) is 47.1 Å². The second-order valence-corrected chi connectivity index (χ2v) is 20.1. The molecule has 424 valence electrons. The summed E-state index contributed by atoms with van der Waals surface area (Å²) in [6.45, 7) is 1.89. The highest BCUT2D eigenvalue weighted by molar-refractivity contribution is 5.99. The van der Waals surface area contributed by atoms with E-state index in [9.17, 15) is 53.1 Å². The molecular weight excluding hydrogens is 1020 g/mol. The molecule has 24 nitrogen and oxygen atoms in total. The van der Waals surface area contributed by atoms with E-state index in [4.69, 9.17) is 11.5 Å². The number of nitrogens with zero attached hydrogens (tertiary/aromatic N) is 3. The maximum absolute atomic E-state index is 15.0. The van der Waals surface area contributed by atoms with E-state index in [1.165, 1.54) is 18.7 Å². The molecule has 0 saturated carbocycles. The van der Waals surface area contributed by atoms with Gasteiger partial charge in [-0.1, -0.05) is 61.0 Å².